The van der Waals surface area contributed by atoms with Gasteiger partial charge >= 0.3 is 0 Å². The van der Waals surface area contributed by atoms with Crippen LogP contribution in [0.4, 0.5) is 15.9 Å². The van der Waals surface area contributed by atoms with E-state index in [1.165, 1.54) is 0 Å². The minimum atomic E-state index is -0.374. The third-order valence-corrected chi connectivity index (χ3v) is 4.78. The van der Waals surface area contributed by atoms with E-state index >= 15 is 0 Å². The number of carbonyl (C=O) groups excluding carboxylic acids is 2. The van der Waals surface area contributed by atoms with E-state index in [4.69, 9.17) is 4.52 Å². The number of carbonyl (C=O) groups is 2. The zero-order chi connectivity index (χ0) is 18.5. The number of nitrogens with zero attached hydrogens (tertiary/aromatic N) is 1. The van der Waals surface area contributed by atoms with Gasteiger partial charge in [0.1, 0.15) is 11.6 Å². The molecule has 0 atom stereocenters. The number of amides is 2. The third-order valence-electron chi connectivity index (χ3n) is 3.84. The molecule has 0 unspecified atom stereocenters. The van der Waals surface area contributed by atoms with Gasteiger partial charge in [0.05, 0.1) is 17.2 Å². The molecule has 2 amide bonds. The van der Waals surface area contributed by atoms with E-state index in [1.807, 2.05) is 6.07 Å². The van der Waals surface area contributed by atoms with Crippen LogP contribution in [-0.4, -0.2) is 35.0 Å². The molecule has 0 fully saturated rings. The second kappa shape index (κ2) is 9.72. The Hall–Kier alpha value is -2.10. The Balaban J connectivity index is 0.00000261. The van der Waals surface area contributed by atoms with Gasteiger partial charge in [0, 0.05) is 12.6 Å². The second-order valence-electron chi connectivity index (χ2n) is 5.90. The smallest absolute Gasteiger partial charge is 0.235 e. The van der Waals surface area contributed by atoms with Crippen LogP contribution in [-0.2, 0) is 22.6 Å². The molecule has 2 heterocycles. The van der Waals surface area contributed by atoms with Crippen molar-refractivity contribution in [2.24, 2.45) is 0 Å². The highest BCUT2D eigenvalue weighted by Gasteiger charge is 2.17. The molecule has 1 aliphatic heterocycles. The summed E-state index contributed by atoms with van der Waals surface area (Å²) in [6.07, 6.45) is 0.599. The zero-order valence-electron chi connectivity index (χ0n) is 14.6. The molecule has 1 aliphatic rings. The lowest BCUT2D eigenvalue weighted by Gasteiger charge is -2.19. The molecule has 3 N–H and O–H groups in total. The summed E-state index contributed by atoms with van der Waals surface area (Å²) >= 11 is 1.13. The minimum Gasteiger partial charge on any atom is -0.360 e. The molecule has 0 saturated heterocycles. The summed E-state index contributed by atoms with van der Waals surface area (Å²) in [7, 11) is 0. The number of thioether (sulfide) groups is 1. The molecule has 0 saturated carbocycles. The van der Waals surface area contributed by atoms with Gasteiger partial charge in [-0.3, -0.25) is 9.59 Å². The topological polar surface area (TPSA) is 96.3 Å². The first kappa shape index (κ1) is 21.2. The van der Waals surface area contributed by atoms with Crippen molar-refractivity contribution in [1.29, 1.82) is 0 Å². The van der Waals surface area contributed by atoms with Crippen molar-refractivity contribution in [3.8, 4) is 0 Å². The predicted molar refractivity (Wildman–Crippen MR) is 105 cm³/mol. The van der Waals surface area contributed by atoms with Crippen LogP contribution in [0.25, 0.3) is 0 Å². The largest absolute Gasteiger partial charge is 0.360 e. The van der Waals surface area contributed by atoms with Crippen molar-refractivity contribution in [3.05, 3.63) is 40.9 Å². The van der Waals surface area contributed by atoms with Crippen LogP contribution in [0.3, 0.4) is 0 Å². The summed E-state index contributed by atoms with van der Waals surface area (Å²) < 4.78 is 19.3. The molecule has 27 heavy (non-hydrogen) atoms. The maximum Gasteiger partial charge on any atom is 0.235 e. The lowest BCUT2D eigenvalue weighted by atomic mass is 9.99. The zero-order valence-corrected chi connectivity index (χ0v) is 16.3. The summed E-state index contributed by atoms with van der Waals surface area (Å²) in [4.78, 5) is 23.8. The lowest BCUT2D eigenvalue weighted by molar-refractivity contribution is -0.114. The van der Waals surface area contributed by atoms with Crippen molar-refractivity contribution in [3.63, 3.8) is 0 Å². The average Bonchev–Trinajstić information content (AvgIpc) is 3.02. The third kappa shape index (κ3) is 5.69. The van der Waals surface area contributed by atoms with E-state index in [-0.39, 0.29) is 47.2 Å². The molecular weight excluding hydrogens is 395 g/mol. The molecule has 10 heteroatoms. The summed E-state index contributed by atoms with van der Waals surface area (Å²) in [6.45, 7) is 3.08. The van der Waals surface area contributed by atoms with Crippen LogP contribution >= 0.6 is 24.2 Å². The van der Waals surface area contributed by atoms with Gasteiger partial charge in [-0.05, 0) is 37.1 Å². The van der Waals surface area contributed by atoms with Gasteiger partial charge in [0.2, 0.25) is 11.8 Å². The van der Waals surface area contributed by atoms with E-state index in [0.29, 0.717) is 30.1 Å². The van der Waals surface area contributed by atoms with Gasteiger partial charge < -0.3 is 20.5 Å². The summed E-state index contributed by atoms with van der Waals surface area (Å²) in [6, 6.07) is 4.99. The quantitative estimate of drug-likeness (QED) is 0.672. The predicted octanol–water partition coefficient (Wildman–Crippen LogP) is 2.50. The molecular formula is C17H20ClFN4O3S. The number of rotatable bonds is 6. The molecule has 7 nitrogen and oxygen atoms in total. The van der Waals surface area contributed by atoms with E-state index in [9.17, 15) is 14.0 Å². The lowest BCUT2D eigenvalue weighted by Crippen LogP contribution is -2.25. The standard InChI is InChI=1S/C17H19FN4O3S.ClH/c1-10-6-14(22-25-10)21-16(24)9-26-8-15(23)20-13-3-2-11-7-19-5-4-12(11)17(13)18;/h2-3,6,19H,4-5,7-9H2,1H3,(H,20,23)(H,21,22,24);1H. The Kier molecular flexibility index (Phi) is 7.64. The maximum absolute atomic E-state index is 14.5. The Bertz CT molecular complexity index is 831. The molecule has 1 aromatic carbocycles. The molecule has 0 bridgehead atoms. The van der Waals surface area contributed by atoms with Gasteiger partial charge in [-0.2, -0.15) is 0 Å². The Morgan fingerprint density at radius 1 is 1.30 bits per heavy atom. The highest BCUT2D eigenvalue weighted by atomic mass is 35.5. The molecule has 0 radical (unpaired) electrons. The summed E-state index contributed by atoms with van der Waals surface area (Å²) in [5.41, 5.74) is 1.75. The van der Waals surface area contributed by atoms with E-state index in [2.05, 4.69) is 21.1 Å². The Labute approximate surface area is 166 Å². The van der Waals surface area contributed by atoms with Crippen LogP contribution in [0.5, 0.6) is 0 Å². The Morgan fingerprint density at radius 2 is 2.04 bits per heavy atom. The van der Waals surface area contributed by atoms with Crippen molar-refractivity contribution >= 4 is 47.5 Å². The number of fused-ring (bicyclic) bond motifs is 1. The van der Waals surface area contributed by atoms with E-state index < -0.39 is 0 Å². The van der Waals surface area contributed by atoms with Crippen LogP contribution in [0, 0.1) is 12.7 Å². The van der Waals surface area contributed by atoms with Crippen molar-refractivity contribution < 1.29 is 18.5 Å². The highest BCUT2D eigenvalue weighted by molar-refractivity contribution is 8.00. The number of hydrogen-bond donors (Lipinski definition) is 3. The SMILES string of the molecule is Cc1cc(NC(=O)CSCC(=O)Nc2ccc3c(c2F)CCNC3)no1.Cl. The number of hydrogen-bond acceptors (Lipinski definition) is 6. The van der Waals surface area contributed by atoms with Crippen LogP contribution in [0.15, 0.2) is 22.7 Å². The molecule has 2 aromatic rings. The van der Waals surface area contributed by atoms with Gasteiger partial charge in [-0.1, -0.05) is 11.2 Å². The number of halogens is 2. The number of benzene rings is 1. The number of nitrogens with one attached hydrogen (secondary N) is 3. The first-order chi connectivity index (χ1) is 12.5. The Morgan fingerprint density at radius 3 is 2.74 bits per heavy atom. The summed E-state index contributed by atoms with van der Waals surface area (Å²) in [5, 5.41) is 12.0. The average molecular weight is 415 g/mol. The van der Waals surface area contributed by atoms with Gasteiger partial charge in [-0.15, -0.1) is 24.2 Å². The molecule has 0 aliphatic carbocycles. The van der Waals surface area contributed by atoms with Crippen molar-refractivity contribution in [1.82, 2.24) is 10.5 Å². The minimum absolute atomic E-state index is 0. The maximum atomic E-state index is 14.5. The van der Waals surface area contributed by atoms with E-state index in [0.717, 1.165) is 23.9 Å². The first-order valence-electron chi connectivity index (χ1n) is 8.14. The van der Waals surface area contributed by atoms with Crippen LogP contribution in [0.1, 0.15) is 16.9 Å². The molecule has 3 rings (SSSR count). The van der Waals surface area contributed by atoms with Crippen LogP contribution < -0.4 is 16.0 Å². The fourth-order valence-electron chi connectivity index (χ4n) is 2.66. The highest BCUT2D eigenvalue weighted by Crippen LogP contribution is 2.24. The van der Waals surface area contributed by atoms with Gasteiger partial charge in [0.25, 0.3) is 0 Å². The molecule has 0 spiro atoms. The monoisotopic (exact) mass is 414 g/mol. The van der Waals surface area contributed by atoms with Gasteiger partial charge in [0.15, 0.2) is 5.82 Å². The fraction of sp³-hybridized carbons (Fsp3) is 0.353. The second-order valence-corrected chi connectivity index (χ2v) is 6.89. The van der Waals surface area contributed by atoms with Crippen LogP contribution in [0.2, 0.25) is 0 Å². The molecule has 146 valence electrons. The van der Waals surface area contributed by atoms with Gasteiger partial charge in [-0.25, -0.2) is 4.39 Å². The normalized spacial score (nSPS) is 12.7. The molecule has 1 aromatic heterocycles. The van der Waals surface area contributed by atoms with Crippen molar-refractivity contribution in [2.75, 3.05) is 28.7 Å². The number of aryl methyl sites for hydroxylation is 1. The number of anilines is 2. The fourth-order valence-corrected chi connectivity index (χ4v) is 3.27. The number of aromatic nitrogens is 1. The first-order valence-corrected chi connectivity index (χ1v) is 9.30. The van der Waals surface area contributed by atoms with Crippen molar-refractivity contribution in [2.45, 2.75) is 19.9 Å². The van der Waals surface area contributed by atoms with E-state index in [1.54, 1.807) is 19.1 Å². The summed E-state index contributed by atoms with van der Waals surface area (Å²) in [5.74, 6) is 0.0392.